The monoisotopic (exact) mass is 402 g/mol. The minimum atomic E-state index is -0.690. The molecule has 2 rings (SSSR count). The van der Waals surface area contributed by atoms with E-state index in [0.29, 0.717) is 13.0 Å². The minimum absolute atomic E-state index is 0.129. The largest absolute Gasteiger partial charge is 0.497 e. The molecule has 2 aromatic rings. The first-order valence-corrected chi connectivity index (χ1v) is 10.6. The molecule has 0 spiro atoms. The van der Waals surface area contributed by atoms with Gasteiger partial charge < -0.3 is 19.1 Å². The summed E-state index contributed by atoms with van der Waals surface area (Å²) in [6.07, 6.45) is 11.9. The average Bonchev–Trinajstić information content (AvgIpc) is 3.23. The Morgan fingerprint density at radius 2 is 1.97 bits per heavy atom. The topological polar surface area (TPSA) is 73.6 Å². The van der Waals surface area contributed by atoms with Crippen LogP contribution in [0.4, 0.5) is 0 Å². The maximum absolute atomic E-state index is 11.1. The number of ether oxygens (including phenoxy) is 2. The van der Waals surface area contributed by atoms with E-state index in [9.17, 15) is 4.79 Å². The first kappa shape index (κ1) is 22.9. The summed E-state index contributed by atoms with van der Waals surface area (Å²) in [5.41, 5.74) is 1.30. The van der Waals surface area contributed by atoms with Crippen LogP contribution in [-0.2, 0) is 22.5 Å². The number of hydrogen-bond donors (Lipinski definition) is 1. The number of unbranched alkanes of at least 4 members (excludes halogenated alkanes) is 1. The fourth-order valence-corrected chi connectivity index (χ4v) is 3.43. The summed E-state index contributed by atoms with van der Waals surface area (Å²) >= 11 is 0. The first-order valence-electron chi connectivity index (χ1n) is 10.6. The summed E-state index contributed by atoms with van der Waals surface area (Å²) in [4.78, 5) is 15.2. The van der Waals surface area contributed by atoms with E-state index >= 15 is 0 Å². The first-order chi connectivity index (χ1) is 14.1. The Labute approximate surface area is 173 Å². The van der Waals surface area contributed by atoms with Gasteiger partial charge in [-0.15, -0.1) is 0 Å². The van der Waals surface area contributed by atoms with Crippen LogP contribution >= 0.6 is 0 Å². The Hall–Kier alpha value is -2.34. The molecule has 0 fully saturated rings. The number of hydrogen-bond acceptors (Lipinski definition) is 4. The third-order valence-corrected chi connectivity index (χ3v) is 5.27. The summed E-state index contributed by atoms with van der Waals surface area (Å²) in [7, 11) is 1.68. The van der Waals surface area contributed by atoms with E-state index in [4.69, 9.17) is 14.6 Å². The Kier molecular flexibility index (Phi) is 10.3. The molecule has 2 atom stereocenters. The van der Waals surface area contributed by atoms with Gasteiger partial charge in [0.1, 0.15) is 5.75 Å². The highest BCUT2D eigenvalue weighted by Gasteiger charge is 2.15. The predicted octanol–water partition coefficient (Wildman–Crippen LogP) is 4.58. The van der Waals surface area contributed by atoms with Crippen molar-refractivity contribution in [2.75, 3.05) is 13.7 Å². The summed E-state index contributed by atoms with van der Waals surface area (Å²) in [5, 5.41) is 9.14. The molecular formula is C23H34N2O4. The maximum atomic E-state index is 11.1. The van der Waals surface area contributed by atoms with Gasteiger partial charge in [-0.1, -0.05) is 25.5 Å². The number of aliphatic carboxylic acids is 1. The standard InChI is InChI=1S/C23H34N2O4/c1-3-20(23(26)27)8-4-5-16-29-22(17-25-15-14-24-18-25)9-6-7-19-10-12-21(28-2)13-11-19/h10-15,18,20,22H,3-9,16-17H2,1-2H3,(H,26,27). The highest BCUT2D eigenvalue weighted by molar-refractivity contribution is 5.69. The molecule has 1 N–H and O–H groups in total. The molecule has 0 saturated heterocycles. The number of methoxy groups -OCH3 is 1. The van der Waals surface area contributed by atoms with Gasteiger partial charge in [-0.2, -0.15) is 0 Å². The summed E-state index contributed by atoms with van der Waals surface area (Å²) in [5.74, 6) is -0.0468. The number of imidazole rings is 1. The molecule has 160 valence electrons. The second kappa shape index (κ2) is 13.0. The summed E-state index contributed by atoms with van der Waals surface area (Å²) in [6, 6.07) is 8.21. The van der Waals surface area contributed by atoms with E-state index in [1.54, 1.807) is 13.3 Å². The van der Waals surface area contributed by atoms with Crippen molar-refractivity contribution in [2.45, 2.75) is 64.5 Å². The van der Waals surface area contributed by atoms with Crippen molar-refractivity contribution >= 4 is 5.97 Å². The van der Waals surface area contributed by atoms with Crippen LogP contribution in [0.25, 0.3) is 0 Å². The van der Waals surface area contributed by atoms with Crippen molar-refractivity contribution < 1.29 is 19.4 Å². The number of carboxylic acid groups (broad SMARTS) is 1. The Morgan fingerprint density at radius 1 is 1.17 bits per heavy atom. The molecular weight excluding hydrogens is 368 g/mol. The number of benzene rings is 1. The molecule has 6 heteroatoms. The average molecular weight is 403 g/mol. The van der Waals surface area contributed by atoms with Crippen molar-refractivity contribution in [3.63, 3.8) is 0 Å². The van der Waals surface area contributed by atoms with Crippen LogP contribution < -0.4 is 4.74 Å². The number of carboxylic acids is 1. The lowest BCUT2D eigenvalue weighted by atomic mass is 10.00. The van der Waals surface area contributed by atoms with Gasteiger partial charge >= 0.3 is 5.97 Å². The lowest BCUT2D eigenvalue weighted by Crippen LogP contribution is -2.21. The molecule has 0 bridgehead atoms. The molecule has 29 heavy (non-hydrogen) atoms. The SMILES string of the molecule is CCC(CCCCOC(CCCc1ccc(OC)cc1)Cn1ccnc1)C(=O)O. The summed E-state index contributed by atoms with van der Waals surface area (Å²) in [6.45, 7) is 3.38. The smallest absolute Gasteiger partial charge is 0.306 e. The van der Waals surface area contributed by atoms with Crippen LogP contribution in [0.3, 0.4) is 0 Å². The third kappa shape index (κ3) is 8.69. The van der Waals surface area contributed by atoms with Gasteiger partial charge in [0.15, 0.2) is 0 Å². The molecule has 1 aromatic carbocycles. The Bertz CT molecular complexity index is 685. The highest BCUT2D eigenvalue weighted by Crippen LogP contribution is 2.16. The van der Waals surface area contributed by atoms with Crippen molar-refractivity contribution in [3.05, 3.63) is 48.5 Å². The molecule has 0 aliphatic heterocycles. The van der Waals surface area contributed by atoms with Crippen LogP contribution in [0, 0.1) is 5.92 Å². The van der Waals surface area contributed by atoms with Gasteiger partial charge in [0.05, 0.1) is 25.5 Å². The zero-order chi connectivity index (χ0) is 20.9. The van der Waals surface area contributed by atoms with Gasteiger partial charge in [-0.05, 0) is 56.2 Å². The third-order valence-electron chi connectivity index (χ3n) is 5.27. The molecule has 0 aliphatic carbocycles. The lowest BCUT2D eigenvalue weighted by Gasteiger charge is -2.19. The zero-order valence-corrected chi connectivity index (χ0v) is 17.6. The van der Waals surface area contributed by atoms with E-state index in [0.717, 1.165) is 50.8 Å². The van der Waals surface area contributed by atoms with Crippen molar-refractivity contribution in [2.24, 2.45) is 5.92 Å². The fourth-order valence-electron chi connectivity index (χ4n) is 3.43. The molecule has 0 radical (unpaired) electrons. The number of aromatic nitrogens is 2. The van der Waals surface area contributed by atoms with Crippen LogP contribution in [0.1, 0.15) is 51.0 Å². The highest BCUT2D eigenvalue weighted by atomic mass is 16.5. The van der Waals surface area contributed by atoms with Gasteiger partial charge in [-0.3, -0.25) is 4.79 Å². The van der Waals surface area contributed by atoms with Gasteiger partial charge in [0.2, 0.25) is 0 Å². The second-order valence-electron chi connectivity index (χ2n) is 7.43. The fraction of sp³-hybridized carbons (Fsp3) is 0.565. The van der Waals surface area contributed by atoms with Crippen molar-refractivity contribution in [3.8, 4) is 5.75 Å². The predicted molar refractivity (Wildman–Crippen MR) is 113 cm³/mol. The lowest BCUT2D eigenvalue weighted by molar-refractivity contribution is -0.142. The molecule has 0 amide bonds. The van der Waals surface area contributed by atoms with E-state index in [1.807, 2.05) is 31.6 Å². The number of nitrogens with zero attached hydrogens (tertiary/aromatic N) is 2. The van der Waals surface area contributed by atoms with E-state index < -0.39 is 5.97 Å². The van der Waals surface area contributed by atoms with E-state index in [-0.39, 0.29) is 12.0 Å². The van der Waals surface area contributed by atoms with Crippen LogP contribution in [0.2, 0.25) is 0 Å². The zero-order valence-electron chi connectivity index (χ0n) is 17.6. The second-order valence-corrected chi connectivity index (χ2v) is 7.43. The van der Waals surface area contributed by atoms with Crippen LogP contribution in [0.15, 0.2) is 43.0 Å². The number of rotatable bonds is 15. The van der Waals surface area contributed by atoms with Crippen LogP contribution in [-0.4, -0.2) is 40.4 Å². The van der Waals surface area contributed by atoms with Crippen molar-refractivity contribution in [1.82, 2.24) is 9.55 Å². The number of carbonyl (C=O) groups is 1. The minimum Gasteiger partial charge on any atom is -0.497 e. The van der Waals surface area contributed by atoms with E-state index in [2.05, 4.69) is 21.7 Å². The van der Waals surface area contributed by atoms with E-state index in [1.165, 1.54) is 5.56 Å². The molecule has 1 heterocycles. The van der Waals surface area contributed by atoms with Gasteiger partial charge in [0, 0.05) is 25.5 Å². The molecule has 0 aliphatic rings. The van der Waals surface area contributed by atoms with Crippen LogP contribution in [0.5, 0.6) is 5.75 Å². The Balaban J connectivity index is 1.74. The van der Waals surface area contributed by atoms with Gasteiger partial charge in [-0.25, -0.2) is 4.98 Å². The van der Waals surface area contributed by atoms with Gasteiger partial charge in [0.25, 0.3) is 0 Å². The molecule has 0 saturated carbocycles. The molecule has 6 nitrogen and oxygen atoms in total. The Morgan fingerprint density at radius 3 is 2.59 bits per heavy atom. The molecule has 1 aromatic heterocycles. The summed E-state index contributed by atoms with van der Waals surface area (Å²) < 4.78 is 13.4. The normalized spacial score (nSPS) is 13.2. The molecule has 2 unspecified atom stereocenters. The quantitative estimate of drug-likeness (QED) is 0.441. The van der Waals surface area contributed by atoms with Crippen molar-refractivity contribution in [1.29, 1.82) is 0 Å². The number of aryl methyl sites for hydroxylation is 1. The maximum Gasteiger partial charge on any atom is 0.306 e.